The normalized spacial score (nSPS) is 29.9. The van der Waals surface area contributed by atoms with Crippen molar-refractivity contribution in [1.82, 2.24) is 10.2 Å². The van der Waals surface area contributed by atoms with Gasteiger partial charge in [-0.15, -0.1) is 0 Å². The number of nitrogens with zero attached hydrogens (tertiary/aromatic N) is 1. The van der Waals surface area contributed by atoms with E-state index in [1.54, 1.807) is 0 Å². The second kappa shape index (κ2) is 2.19. The van der Waals surface area contributed by atoms with E-state index >= 15 is 0 Å². The highest BCUT2D eigenvalue weighted by Crippen LogP contribution is 2.28. The van der Waals surface area contributed by atoms with Crippen LogP contribution in [0.15, 0.2) is 11.9 Å². The SMILES string of the molecule is CCN1C2=CNCC1CC2. The summed E-state index contributed by atoms with van der Waals surface area (Å²) in [6.07, 6.45) is 4.81. The Hall–Kier alpha value is -0.660. The van der Waals surface area contributed by atoms with Gasteiger partial charge in [0.1, 0.15) is 0 Å². The standard InChI is InChI=1S/C8H14N2/c1-2-10-7-3-4-8(10)6-9-5-7/h5,8-9H,2-4,6H2,1H3. The molecule has 2 rings (SSSR count). The van der Waals surface area contributed by atoms with Crippen molar-refractivity contribution in [1.29, 1.82) is 0 Å². The van der Waals surface area contributed by atoms with Crippen molar-refractivity contribution >= 4 is 0 Å². The zero-order chi connectivity index (χ0) is 6.97. The van der Waals surface area contributed by atoms with Gasteiger partial charge in [-0.05, 0) is 19.8 Å². The van der Waals surface area contributed by atoms with Crippen molar-refractivity contribution in [3.05, 3.63) is 11.9 Å². The van der Waals surface area contributed by atoms with Gasteiger partial charge in [0, 0.05) is 31.0 Å². The van der Waals surface area contributed by atoms with Gasteiger partial charge in [-0.25, -0.2) is 0 Å². The van der Waals surface area contributed by atoms with Crippen molar-refractivity contribution in [3.63, 3.8) is 0 Å². The maximum absolute atomic E-state index is 3.31. The van der Waals surface area contributed by atoms with Gasteiger partial charge >= 0.3 is 0 Å². The molecular weight excluding hydrogens is 124 g/mol. The third-order valence-electron chi connectivity index (χ3n) is 2.51. The molecule has 1 fully saturated rings. The van der Waals surface area contributed by atoms with Crippen molar-refractivity contribution in [2.75, 3.05) is 13.1 Å². The van der Waals surface area contributed by atoms with E-state index in [9.17, 15) is 0 Å². The fourth-order valence-corrected chi connectivity index (χ4v) is 1.99. The van der Waals surface area contributed by atoms with Crippen LogP contribution in [0.2, 0.25) is 0 Å². The predicted molar refractivity (Wildman–Crippen MR) is 41.5 cm³/mol. The molecule has 0 aromatic heterocycles. The largest absolute Gasteiger partial charge is 0.387 e. The van der Waals surface area contributed by atoms with Crippen LogP contribution in [0.1, 0.15) is 19.8 Å². The Morgan fingerprint density at radius 3 is 3.30 bits per heavy atom. The molecule has 2 aliphatic heterocycles. The van der Waals surface area contributed by atoms with Gasteiger partial charge in [0.15, 0.2) is 0 Å². The van der Waals surface area contributed by atoms with Crippen LogP contribution in [-0.2, 0) is 0 Å². The van der Waals surface area contributed by atoms with Crippen LogP contribution < -0.4 is 5.32 Å². The van der Waals surface area contributed by atoms with Crippen LogP contribution >= 0.6 is 0 Å². The van der Waals surface area contributed by atoms with Crippen LogP contribution in [-0.4, -0.2) is 24.0 Å². The minimum atomic E-state index is 0.796. The Morgan fingerprint density at radius 2 is 2.70 bits per heavy atom. The predicted octanol–water partition coefficient (Wildman–Crippen LogP) is 0.915. The first kappa shape index (κ1) is 6.08. The lowest BCUT2D eigenvalue weighted by Gasteiger charge is -2.30. The molecule has 0 saturated carbocycles. The van der Waals surface area contributed by atoms with E-state index < -0.39 is 0 Å². The first-order valence-electron chi connectivity index (χ1n) is 4.11. The second-order valence-corrected chi connectivity index (χ2v) is 3.02. The number of hydrogen-bond acceptors (Lipinski definition) is 2. The second-order valence-electron chi connectivity index (χ2n) is 3.02. The van der Waals surface area contributed by atoms with Gasteiger partial charge in [-0.3, -0.25) is 0 Å². The summed E-state index contributed by atoms with van der Waals surface area (Å²) in [6.45, 7) is 4.56. The molecule has 1 atom stereocenters. The molecular formula is C8H14N2. The summed E-state index contributed by atoms with van der Waals surface area (Å²) in [5.41, 5.74) is 1.51. The lowest BCUT2D eigenvalue weighted by atomic mass is 10.2. The van der Waals surface area contributed by atoms with E-state index in [1.165, 1.54) is 25.1 Å². The van der Waals surface area contributed by atoms with Crippen LogP contribution in [0.25, 0.3) is 0 Å². The van der Waals surface area contributed by atoms with E-state index in [-0.39, 0.29) is 0 Å². The average Bonchev–Trinajstić information content (AvgIpc) is 2.19. The van der Waals surface area contributed by atoms with Crippen LogP contribution in [0.4, 0.5) is 0 Å². The minimum Gasteiger partial charge on any atom is -0.387 e. The van der Waals surface area contributed by atoms with E-state index in [4.69, 9.17) is 0 Å². The summed E-state index contributed by atoms with van der Waals surface area (Å²) in [7, 11) is 0. The summed E-state index contributed by atoms with van der Waals surface area (Å²) in [6, 6.07) is 0.796. The molecule has 2 aliphatic rings. The van der Waals surface area contributed by atoms with Gasteiger partial charge < -0.3 is 10.2 Å². The molecule has 1 saturated heterocycles. The molecule has 1 N–H and O–H groups in total. The Bertz CT molecular complexity index is 161. The van der Waals surface area contributed by atoms with Crippen LogP contribution in [0, 0.1) is 0 Å². The number of allylic oxidation sites excluding steroid dienone is 1. The molecule has 2 heteroatoms. The number of fused-ring (bicyclic) bond motifs is 2. The average molecular weight is 138 g/mol. The van der Waals surface area contributed by atoms with Gasteiger partial charge in [0.25, 0.3) is 0 Å². The van der Waals surface area contributed by atoms with Gasteiger partial charge in [0.2, 0.25) is 0 Å². The lowest BCUT2D eigenvalue weighted by Crippen LogP contribution is -2.39. The van der Waals surface area contributed by atoms with Crippen molar-refractivity contribution in [2.45, 2.75) is 25.8 Å². The summed E-state index contributed by atoms with van der Waals surface area (Å²) in [5, 5.41) is 3.31. The third-order valence-corrected chi connectivity index (χ3v) is 2.51. The molecule has 1 unspecified atom stereocenters. The van der Waals surface area contributed by atoms with Gasteiger partial charge in [0.05, 0.1) is 0 Å². The Morgan fingerprint density at radius 1 is 1.80 bits per heavy atom. The highest BCUT2D eigenvalue weighted by atomic mass is 15.2. The maximum atomic E-state index is 3.31. The molecule has 10 heavy (non-hydrogen) atoms. The zero-order valence-corrected chi connectivity index (χ0v) is 6.43. The third kappa shape index (κ3) is 0.713. The smallest absolute Gasteiger partial charge is 0.0463 e. The van der Waals surface area contributed by atoms with E-state index in [1.807, 2.05) is 0 Å². The van der Waals surface area contributed by atoms with E-state index in [0.29, 0.717) is 0 Å². The van der Waals surface area contributed by atoms with Crippen LogP contribution in [0.5, 0.6) is 0 Å². The Labute approximate surface area is 61.9 Å². The fourth-order valence-electron chi connectivity index (χ4n) is 1.99. The minimum absolute atomic E-state index is 0.796. The van der Waals surface area contributed by atoms with E-state index in [0.717, 1.165) is 12.6 Å². The molecule has 0 radical (unpaired) electrons. The summed E-state index contributed by atoms with van der Waals surface area (Å²) in [4.78, 5) is 2.51. The Balaban J connectivity index is 2.20. The van der Waals surface area contributed by atoms with Gasteiger partial charge in [-0.2, -0.15) is 0 Å². The lowest BCUT2D eigenvalue weighted by molar-refractivity contribution is 0.287. The maximum Gasteiger partial charge on any atom is 0.0463 e. The van der Waals surface area contributed by atoms with Crippen molar-refractivity contribution in [2.24, 2.45) is 0 Å². The summed E-state index contributed by atoms with van der Waals surface area (Å²) in [5.74, 6) is 0. The van der Waals surface area contributed by atoms with Crippen molar-refractivity contribution in [3.8, 4) is 0 Å². The van der Waals surface area contributed by atoms with Crippen molar-refractivity contribution < 1.29 is 0 Å². The number of hydrogen-bond donors (Lipinski definition) is 1. The summed E-state index contributed by atoms with van der Waals surface area (Å²) >= 11 is 0. The quantitative estimate of drug-likeness (QED) is 0.579. The van der Waals surface area contributed by atoms with E-state index in [2.05, 4.69) is 23.3 Å². The molecule has 2 nitrogen and oxygen atoms in total. The summed E-state index contributed by atoms with van der Waals surface area (Å²) < 4.78 is 0. The molecule has 0 amide bonds. The first-order chi connectivity index (χ1) is 4.92. The monoisotopic (exact) mass is 138 g/mol. The fraction of sp³-hybridized carbons (Fsp3) is 0.750. The molecule has 0 aliphatic carbocycles. The Kier molecular flexibility index (Phi) is 1.33. The van der Waals surface area contributed by atoms with Crippen LogP contribution in [0.3, 0.4) is 0 Å². The first-order valence-corrected chi connectivity index (χ1v) is 4.11. The molecule has 2 heterocycles. The molecule has 0 aromatic carbocycles. The highest BCUT2D eigenvalue weighted by Gasteiger charge is 2.28. The molecule has 2 bridgehead atoms. The molecule has 56 valence electrons. The highest BCUT2D eigenvalue weighted by molar-refractivity contribution is 5.12. The zero-order valence-electron chi connectivity index (χ0n) is 6.43. The molecule has 0 spiro atoms. The molecule has 0 aromatic rings. The van der Waals surface area contributed by atoms with Gasteiger partial charge in [-0.1, -0.05) is 0 Å². The topological polar surface area (TPSA) is 15.3 Å². The number of rotatable bonds is 1. The number of likely N-dealkylation sites (N-methyl/N-ethyl adjacent to an activating group) is 1. The number of nitrogens with one attached hydrogen (secondary N) is 1.